The van der Waals surface area contributed by atoms with Crippen molar-refractivity contribution in [2.45, 2.75) is 83.3 Å². The summed E-state index contributed by atoms with van der Waals surface area (Å²) in [6, 6.07) is 4.56. The fraction of sp³-hybridized carbons (Fsp3) is 0.577. The Morgan fingerprint density at radius 2 is 1.70 bits per heavy atom. The number of nitrogens with two attached hydrogens (primary N) is 1. The Bertz CT molecular complexity index is 943. The Labute approximate surface area is 217 Å². The largest absolute Gasteiger partial charge is 0.494 e. The summed E-state index contributed by atoms with van der Waals surface area (Å²) in [7, 11) is 0. The SMILES string of the molecule is CC(C)[C@H](NC(=O)[C@H](CC(=O)O)NC(=O)CCCOc1ccc(C(=N)N)cc1)C(=O)NC1CCCCC1. The number of carboxylic acid groups (broad SMARTS) is 1. The molecule has 0 heterocycles. The zero-order valence-electron chi connectivity index (χ0n) is 21.5. The molecule has 204 valence electrons. The molecule has 1 aliphatic carbocycles. The molecule has 1 aromatic rings. The number of hydrogen-bond acceptors (Lipinski definition) is 6. The smallest absolute Gasteiger partial charge is 0.305 e. The van der Waals surface area contributed by atoms with Crippen LogP contribution in [0.25, 0.3) is 0 Å². The van der Waals surface area contributed by atoms with Gasteiger partial charge in [0.15, 0.2) is 0 Å². The van der Waals surface area contributed by atoms with Crippen LogP contribution in [0.3, 0.4) is 0 Å². The van der Waals surface area contributed by atoms with E-state index >= 15 is 0 Å². The standard InChI is InChI=1S/C26H39N5O6/c1-16(2)23(26(36)29-18-7-4-3-5-8-18)31-25(35)20(15-22(33)34)30-21(32)9-6-14-37-19-12-10-17(11-13-19)24(27)28/h10-13,16,18,20,23H,3-9,14-15H2,1-2H3,(H3,27,28)(H,29,36)(H,30,32)(H,31,35)(H,33,34)/t20-,23-/m0/s1. The molecule has 0 radical (unpaired) electrons. The van der Waals surface area contributed by atoms with Crippen molar-refractivity contribution >= 4 is 29.5 Å². The second-order valence-corrected chi connectivity index (χ2v) is 9.68. The van der Waals surface area contributed by atoms with Gasteiger partial charge in [0.1, 0.15) is 23.7 Å². The van der Waals surface area contributed by atoms with Gasteiger partial charge in [-0.1, -0.05) is 33.1 Å². The van der Waals surface area contributed by atoms with Crippen LogP contribution in [0, 0.1) is 11.3 Å². The number of hydrogen-bond donors (Lipinski definition) is 6. The lowest BCUT2D eigenvalue weighted by Crippen LogP contribution is -2.57. The minimum absolute atomic E-state index is 0.0186. The molecule has 1 saturated carbocycles. The fourth-order valence-electron chi connectivity index (χ4n) is 4.13. The van der Waals surface area contributed by atoms with Crippen molar-refractivity contribution < 1.29 is 29.0 Å². The first kappa shape index (κ1) is 29.6. The predicted octanol–water partition coefficient (Wildman–Crippen LogP) is 1.68. The normalized spacial score (nSPS) is 15.3. The first-order valence-corrected chi connectivity index (χ1v) is 12.8. The molecule has 11 heteroatoms. The van der Waals surface area contributed by atoms with Crippen LogP contribution in [0.4, 0.5) is 0 Å². The van der Waals surface area contributed by atoms with Gasteiger partial charge in [-0.05, 0) is 49.4 Å². The van der Waals surface area contributed by atoms with Gasteiger partial charge >= 0.3 is 5.97 Å². The summed E-state index contributed by atoms with van der Waals surface area (Å²) >= 11 is 0. The molecule has 0 bridgehead atoms. The third-order valence-corrected chi connectivity index (χ3v) is 6.21. The second-order valence-electron chi connectivity index (χ2n) is 9.68. The number of rotatable bonds is 14. The summed E-state index contributed by atoms with van der Waals surface area (Å²) in [5.74, 6) is -2.47. The van der Waals surface area contributed by atoms with Gasteiger partial charge < -0.3 is 31.5 Å². The summed E-state index contributed by atoms with van der Waals surface area (Å²) in [6.07, 6.45) is 4.79. The Kier molecular flexibility index (Phi) is 11.9. The highest BCUT2D eigenvalue weighted by Crippen LogP contribution is 2.18. The fourth-order valence-corrected chi connectivity index (χ4v) is 4.13. The van der Waals surface area contributed by atoms with Crippen LogP contribution in [0.2, 0.25) is 0 Å². The minimum Gasteiger partial charge on any atom is -0.494 e. The van der Waals surface area contributed by atoms with Crippen molar-refractivity contribution in [3.8, 4) is 5.75 Å². The van der Waals surface area contributed by atoms with Crippen molar-refractivity contribution in [2.75, 3.05) is 6.61 Å². The number of carboxylic acids is 1. The van der Waals surface area contributed by atoms with Crippen molar-refractivity contribution in [3.63, 3.8) is 0 Å². The second kappa shape index (κ2) is 14.8. The monoisotopic (exact) mass is 517 g/mol. The van der Waals surface area contributed by atoms with Gasteiger partial charge in [0.05, 0.1) is 13.0 Å². The van der Waals surface area contributed by atoms with Crippen LogP contribution in [0.5, 0.6) is 5.75 Å². The summed E-state index contributed by atoms with van der Waals surface area (Å²) < 4.78 is 5.57. The molecule has 1 fully saturated rings. The average Bonchev–Trinajstić information content (AvgIpc) is 2.85. The maximum absolute atomic E-state index is 12.9. The number of ether oxygens (including phenoxy) is 1. The molecular weight excluding hydrogens is 478 g/mol. The Hall–Kier alpha value is -3.63. The molecule has 1 aliphatic rings. The number of amidine groups is 1. The lowest BCUT2D eigenvalue weighted by molar-refractivity contribution is -0.141. The van der Waals surface area contributed by atoms with Gasteiger partial charge in [0.25, 0.3) is 0 Å². The van der Waals surface area contributed by atoms with Crippen LogP contribution < -0.4 is 26.4 Å². The highest BCUT2D eigenvalue weighted by atomic mass is 16.5. The van der Waals surface area contributed by atoms with Crippen LogP contribution >= 0.6 is 0 Å². The molecule has 7 N–H and O–H groups in total. The summed E-state index contributed by atoms with van der Waals surface area (Å²) in [6.45, 7) is 3.81. The molecule has 2 atom stereocenters. The van der Waals surface area contributed by atoms with E-state index in [1.165, 1.54) is 0 Å². The van der Waals surface area contributed by atoms with Crippen LogP contribution in [0.15, 0.2) is 24.3 Å². The van der Waals surface area contributed by atoms with Crippen molar-refractivity contribution in [1.82, 2.24) is 16.0 Å². The molecule has 1 aromatic carbocycles. The number of nitrogens with one attached hydrogen (secondary N) is 4. The average molecular weight is 518 g/mol. The third kappa shape index (κ3) is 10.5. The zero-order chi connectivity index (χ0) is 27.4. The number of benzene rings is 1. The predicted molar refractivity (Wildman–Crippen MR) is 138 cm³/mol. The van der Waals surface area contributed by atoms with Crippen molar-refractivity contribution in [3.05, 3.63) is 29.8 Å². The molecule has 2 rings (SSSR count). The Balaban J connectivity index is 1.86. The first-order chi connectivity index (χ1) is 17.6. The molecule has 0 spiro atoms. The lowest BCUT2D eigenvalue weighted by Gasteiger charge is -2.28. The molecule has 0 aromatic heterocycles. The van der Waals surface area contributed by atoms with Gasteiger partial charge in [0.2, 0.25) is 17.7 Å². The minimum atomic E-state index is -1.31. The molecule has 11 nitrogen and oxygen atoms in total. The van der Waals surface area contributed by atoms with Gasteiger partial charge in [-0.25, -0.2) is 0 Å². The first-order valence-electron chi connectivity index (χ1n) is 12.8. The van der Waals surface area contributed by atoms with E-state index in [0.29, 0.717) is 17.7 Å². The zero-order valence-corrected chi connectivity index (χ0v) is 21.5. The Morgan fingerprint density at radius 1 is 1.05 bits per heavy atom. The van der Waals surface area contributed by atoms with E-state index in [-0.39, 0.29) is 36.7 Å². The maximum Gasteiger partial charge on any atom is 0.305 e. The van der Waals surface area contributed by atoms with Crippen LogP contribution in [-0.2, 0) is 19.2 Å². The number of nitrogen functional groups attached to an aromatic ring is 1. The lowest BCUT2D eigenvalue weighted by atomic mass is 9.94. The molecule has 0 aliphatic heterocycles. The van der Waals surface area contributed by atoms with E-state index in [1.54, 1.807) is 38.1 Å². The van der Waals surface area contributed by atoms with E-state index in [1.807, 2.05) is 0 Å². The number of carbonyl (C=O) groups is 4. The summed E-state index contributed by atoms with van der Waals surface area (Å²) in [5.41, 5.74) is 5.99. The van der Waals surface area contributed by atoms with Gasteiger partial charge in [-0.2, -0.15) is 0 Å². The highest BCUT2D eigenvalue weighted by molar-refractivity contribution is 5.95. The molecule has 0 unspecified atom stereocenters. The highest BCUT2D eigenvalue weighted by Gasteiger charge is 2.31. The summed E-state index contributed by atoms with van der Waals surface area (Å²) in [4.78, 5) is 49.5. The van der Waals surface area contributed by atoms with Crippen LogP contribution in [-0.4, -0.2) is 59.4 Å². The van der Waals surface area contributed by atoms with Crippen molar-refractivity contribution in [1.29, 1.82) is 5.41 Å². The quantitative estimate of drug-likeness (QED) is 0.123. The number of carbonyl (C=O) groups excluding carboxylic acids is 3. The molecule has 37 heavy (non-hydrogen) atoms. The third-order valence-electron chi connectivity index (χ3n) is 6.21. The van der Waals surface area contributed by atoms with Crippen molar-refractivity contribution in [2.24, 2.45) is 11.7 Å². The number of amides is 3. The van der Waals surface area contributed by atoms with E-state index in [0.717, 1.165) is 32.1 Å². The summed E-state index contributed by atoms with van der Waals surface area (Å²) in [5, 5.41) is 24.8. The van der Waals surface area contributed by atoms with Gasteiger partial charge in [-0.3, -0.25) is 24.6 Å². The topological polar surface area (TPSA) is 184 Å². The van der Waals surface area contributed by atoms with E-state index in [9.17, 15) is 24.3 Å². The molecule has 3 amide bonds. The number of aliphatic carboxylic acids is 1. The van der Waals surface area contributed by atoms with Gasteiger partial charge in [-0.15, -0.1) is 0 Å². The van der Waals surface area contributed by atoms with E-state index < -0.39 is 36.3 Å². The maximum atomic E-state index is 12.9. The van der Waals surface area contributed by atoms with E-state index in [4.69, 9.17) is 15.9 Å². The van der Waals surface area contributed by atoms with Crippen LogP contribution in [0.1, 0.15) is 70.8 Å². The molecular formula is C26H39N5O6. The molecule has 0 saturated heterocycles. The van der Waals surface area contributed by atoms with Gasteiger partial charge in [0, 0.05) is 18.0 Å². The Morgan fingerprint density at radius 3 is 2.27 bits per heavy atom. The van der Waals surface area contributed by atoms with E-state index in [2.05, 4.69) is 16.0 Å².